The molecule has 1 N–H and O–H groups in total. The van der Waals surface area contributed by atoms with Crippen LogP contribution in [-0.4, -0.2) is 26.0 Å². The van der Waals surface area contributed by atoms with Crippen LogP contribution in [0.3, 0.4) is 0 Å². The van der Waals surface area contributed by atoms with Crippen molar-refractivity contribution < 1.29 is 12.8 Å². The van der Waals surface area contributed by atoms with E-state index < -0.39 is 26.4 Å². The molecule has 0 saturated heterocycles. The molecular formula is C14H20BrClFNO2S. The van der Waals surface area contributed by atoms with Crippen molar-refractivity contribution in [1.82, 2.24) is 5.32 Å². The number of nitrogens with one attached hydrogen (secondary N) is 1. The Hall–Kier alpha value is -0.170. The van der Waals surface area contributed by atoms with Crippen molar-refractivity contribution >= 4 is 37.4 Å². The van der Waals surface area contributed by atoms with E-state index in [0.717, 1.165) is 12.7 Å². The Bertz CT molecular complexity index is 620. The third-order valence-corrected chi connectivity index (χ3v) is 6.94. The number of rotatable bonds is 6. The minimum Gasteiger partial charge on any atom is -0.309 e. The van der Waals surface area contributed by atoms with E-state index >= 15 is 0 Å². The first-order valence-electron chi connectivity index (χ1n) is 6.59. The van der Waals surface area contributed by atoms with Gasteiger partial charge in [-0.1, -0.05) is 18.5 Å². The van der Waals surface area contributed by atoms with E-state index in [0.29, 0.717) is 16.0 Å². The van der Waals surface area contributed by atoms with Gasteiger partial charge in [0.05, 0.1) is 15.8 Å². The highest BCUT2D eigenvalue weighted by molar-refractivity contribution is 9.10. The summed E-state index contributed by atoms with van der Waals surface area (Å²) < 4.78 is 37.8. The minimum absolute atomic E-state index is 0.257. The molecule has 1 aromatic rings. The Morgan fingerprint density at radius 3 is 2.48 bits per heavy atom. The van der Waals surface area contributed by atoms with E-state index in [1.54, 1.807) is 13.8 Å². The molecule has 0 aromatic heterocycles. The molecule has 1 rings (SSSR count). The molecule has 0 fully saturated rings. The van der Waals surface area contributed by atoms with E-state index in [-0.39, 0.29) is 5.56 Å². The maximum Gasteiger partial charge on any atom is 0.154 e. The highest BCUT2D eigenvalue weighted by Crippen LogP contribution is 2.36. The van der Waals surface area contributed by atoms with E-state index in [2.05, 4.69) is 21.2 Å². The zero-order chi connectivity index (χ0) is 16.4. The maximum atomic E-state index is 14.3. The first kappa shape index (κ1) is 18.9. The summed E-state index contributed by atoms with van der Waals surface area (Å²) in [6.45, 7) is 5.72. The second kappa shape index (κ2) is 6.94. The highest BCUT2D eigenvalue weighted by Gasteiger charge is 2.41. The molecule has 3 nitrogen and oxygen atoms in total. The minimum atomic E-state index is -3.40. The molecule has 1 unspecified atom stereocenters. The normalized spacial score (nSPS) is 14.2. The third-order valence-electron chi connectivity index (χ3n) is 3.60. The largest absolute Gasteiger partial charge is 0.309 e. The average Bonchev–Trinajstić information content (AvgIpc) is 2.34. The van der Waals surface area contributed by atoms with Crippen LogP contribution in [0.4, 0.5) is 4.39 Å². The molecule has 0 spiro atoms. The summed E-state index contributed by atoms with van der Waals surface area (Å²) in [5.74, 6) is -0.489. The summed E-state index contributed by atoms with van der Waals surface area (Å²) in [6, 6.07) is 2.05. The van der Waals surface area contributed by atoms with Gasteiger partial charge in [0.2, 0.25) is 0 Å². The molecule has 0 aliphatic rings. The van der Waals surface area contributed by atoms with Crippen molar-refractivity contribution in [3.05, 3.63) is 33.0 Å². The lowest BCUT2D eigenvalue weighted by atomic mass is 9.94. The van der Waals surface area contributed by atoms with Crippen molar-refractivity contribution in [3.8, 4) is 0 Å². The molecule has 0 saturated carbocycles. The van der Waals surface area contributed by atoms with Crippen LogP contribution in [0.15, 0.2) is 16.6 Å². The number of halogens is 3. The number of hydrogen-bond acceptors (Lipinski definition) is 3. The number of benzene rings is 1. The Balaban J connectivity index is 3.43. The van der Waals surface area contributed by atoms with Gasteiger partial charge in [-0.15, -0.1) is 0 Å². The molecule has 1 atom stereocenters. The van der Waals surface area contributed by atoms with Crippen LogP contribution < -0.4 is 5.32 Å². The predicted molar refractivity (Wildman–Crippen MR) is 89.1 cm³/mol. The Morgan fingerprint density at radius 2 is 2.00 bits per heavy atom. The highest BCUT2D eigenvalue weighted by atomic mass is 79.9. The van der Waals surface area contributed by atoms with Crippen LogP contribution in [0.25, 0.3) is 0 Å². The molecule has 0 heterocycles. The van der Waals surface area contributed by atoms with Gasteiger partial charge in [0.25, 0.3) is 0 Å². The molecule has 7 heteroatoms. The Morgan fingerprint density at radius 1 is 1.43 bits per heavy atom. The molecule has 0 bridgehead atoms. The van der Waals surface area contributed by atoms with Gasteiger partial charge in [0, 0.05) is 16.3 Å². The Kier molecular flexibility index (Phi) is 6.24. The summed E-state index contributed by atoms with van der Waals surface area (Å²) >= 11 is 9.20. The lowest BCUT2D eigenvalue weighted by molar-refractivity contribution is 0.406. The zero-order valence-electron chi connectivity index (χ0n) is 12.5. The summed E-state index contributed by atoms with van der Waals surface area (Å²) in [5.41, 5.74) is 0.257. The molecule has 0 aliphatic carbocycles. The summed E-state index contributed by atoms with van der Waals surface area (Å²) in [6.07, 6.45) is 1.97. The molecule has 21 heavy (non-hydrogen) atoms. The van der Waals surface area contributed by atoms with Crippen molar-refractivity contribution in [1.29, 1.82) is 0 Å². The van der Waals surface area contributed by atoms with Gasteiger partial charge in [0.1, 0.15) is 5.82 Å². The fourth-order valence-corrected chi connectivity index (χ4v) is 3.12. The van der Waals surface area contributed by atoms with E-state index in [1.165, 1.54) is 12.1 Å². The van der Waals surface area contributed by atoms with Crippen molar-refractivity contribution in [2.45, 2.75) is 38.0 Å². The molecule has 0 radical (unpaired) electrons. The lowest BCUT2D eigenvalue weighted by Gasteiger charge is -2.34. The molecule has 0 amide bonds. The third kappa shape index (κ3) is 4.18. The van der Waals surface area contributed by atoms with Crippen LogP contribution >= 0.6 is 27.5 Å². The van der Waals surface area contributed by atoms with Gasteiger partial charge < -0.3 is 5.32 Å². The van der Waals surface area contributed by atoms with Gasteiger partial charge in [-0.2, -0.15) is 0 Å². The van der Waals surface area contributed by atoms with Gasteiger partial charge in [0.15, 0.2) is 9.84 Å². The van der Waals surface area contributed by atoms with E-state index in [4.69, 9.17) is 11.6 Å². The smallest absolute Gasteiger partial charge is 0.154 e. The molecule has 0 aliphatic heterocycles. The second-order valence-corrected chi connectivity index (χ2v) is 9.41. The van der Waals surface area contributed by atoms with Crippen LogP contribution in [0.5, 0.6) is 0 Å². The Labute approximate surface area is 139 Å². The van der Waals surface area contributed by atoms with Crippen LogP contribution in [-0.2, 0) is 9.84 Å². The first-order valence-corrected chi connectivity index (χ1v) is 9.66. The SMILES string of the molecule is CCCNC(c1cc(Cl)c(Br)cc1F)C(C)(C)S(C)(=O)=O. The average molecular weight is 401 g/mol. The fourth-order valence-electron chi connectivity index (χ4n) is 1.99. The maximum absolute atomic E-state index is 14.3. The van der Waals surface area contributed by atoms with Gasteiger partial charge in [-0.3, -0.25) is 0 Å². The van der Waals surface area contributed by atoms with Crippen molar-refractivity contribution in [2.75, 3.05) is 12.8 Å². The summed E-state index contributed by atoms with van der Waals surface area (Å²) in [4.78, 5) is 0. The van der Waals surface area contributed by atoms with Gasteiger partial charge >= 0.3 is 0 Å². The number of sulfone groups is 1. The van der Waals surface area contributed by atoms with Gasteiger partial charge in [-0.25, -0.2) is 12.8 Å². The fraction of sp³-hybridized carbons (Fsp3) is 0.571. The first-order chi connectivity index (χ1) is 9.52. The van der Waals surface area contributed by atoms with Crippen LogP contribution in [0.2, 0.25) is 5.02 Å². The summed E-state index contributed by atoms with van der Waals surface area (Å²) in [7, 11) is -3.40. The zero-order valence-corrected chi connectivity index (χ0v) is 15.7. The quantitative estimate of drug-likeness (QED) is 0.731. The molecular weight excluding hydrogens is 381 g/mol. The molecule has 1 aromatic carbocycles. The predicted octanol–water partition coefficient (Wildman–Crippen LogP) is 4.11. The topological polar surface area (TPSA) is 46.2 Å². The van der Waals surface area contributed by atoms with Crippen LogP contribution in [0.1, 0.15) is 38.8 Å². The van der Waals surface area contributed by atoms with E-state index in [9.17, 15) is 12.8 Å². The molecule has 120 valence electrons. The summed E-state index contributed by atoms with van der Waals surface area (Å²) in [5, 5.41) is 3.47. The second-order valence-electron chi connectivity index (χ2n) is 5.55. The van der Waals surface area contributed by atoms with Crippen LogP contribution in [0, 0.1) is 5.82 Å². The van der Waals surface area contributed by atoms with E-state index in [1.807, 2.05) is 6.92 Å². The van der Waals surface area contributed by atoms with Crippen molar-refractivity contribution in [2.24, 2.45) is 0 Å². The monoisotopic (exact) mass is 399 g/mol. The van der Waals surface area contributed by atoms with Crippen molar-refractivity contribution in [3.63, 3.8) is 0 Å². The number of hydrogen-bond donors (Lipinski definition) is 1. The van der Waals surface area contributed by atoms with Gasteiger partial charge in [-0.05, 0) is 54.9 Å². The standard InChI is InChI=1S/C14H20BrClFNO2S/c1-5-6-18-13(14(2,3)21(4,19)20)9-7-11(16)10(15)8-12(9)17/h7-8,13,18H,5-6H2,1-4H3. The lowest BCUT2D eigenvalue weighted by Crippen LogP contribution is -2.45.